The molecule has 0 fully saturated rings. The van der Waals surface area contributed by atoms with E-state index in [-0.39, 0.29) is 5.91 Å². The summed E-state index contributed by atoms with van der Waals surface area (Å²) in [5, 5.41) is 14.8. The van der Waals surface area contributed by atoms with Crippen LogP contribution < -0.4 is 10.1 Å². The first-order valence-electron chi connectivity index (χ1n) is 6.27. The minimum atomic E-state index is -0.0382. The van der Waals surface area contributed by atoms with E-state index in [9.17, 15) is 4.79 Å². The Kier molecular flexibility index (Phi) is 5.85. The van der Waals surface area contributed by atoms with Crippen molar-refractivity contribution < 1.29 is 14.7 Å². The van der Waals surface area contributed by atoms with E-state index in [2.05, 4.69) is 10.5 Å². The predicted molar refractivity (Wildman–Crippen MR) is 74.0 cm³/mol. The summed E-state index contributed by atoms with van der Waals surface area (Å²) in [5.74, 6) is 0.578. The highest BCUT2D eigenvalue weighted by Gasteiger charge is 2.08. The zero-order valence-electron chi connectivity index (χ0n) is 11.6. The number of hydrogen-bond donors (Lipinski definition) is 2. The number of aryl methyl sites for hydroxylation is 1. The van der Waals surface area contributed by atoms with Gasteiger partial charge >= 0.3 is 0 Å². The highest BCUT2D eigenvalue weighted by Crippen LogP contribution is 2.21. The molecule has 0 aliphatic carbocycles. The van der Waals surface area contributed by atoms with Gasteiger partial charge in [-0.15, -0.1) is 0 Å². The van der Waals surface area contributed by atoms with E-state index in [0.717, 1.165) is 11.1 Å². The van der Waals surface area contributed by atoms with E-state index in [1.807, 2.05) is 32.0 Å². The molecule has 0 saturated heterocycles. The Bertz CT molecular complexity index is 470. The zero-order chi connectivity index (χ0) is 14.3. The maximum atomic E-state index is 11.3. The molecule has 0 spiro atoms. The van der Waals surface area contributed by atoms with Gasteiger partial charge in [-0.05, 0) is 32.9 Å². The summed E-state index contributed by atoms with van der Waals surface area (Å²) in [7, 11) is 0. The molecule has 1 aromatic rings. The number of nitrogens with zero attached hydrogens (tertiary/aromatic N) is 1. The average Bonchev–Trinajstić information content (AvgIpc) is 2.39. The van der Waals surface area contributed by atoms with Crippen LogP contribution in [0.25, 0.3) is 0 Å². The molecule has 0 aromatic heterocycles. The molecule has 1 amide bonds. The Balaban J connectivity index is 2.70. The molecule has 1 rings (SSSR count). The number of carbonyl (C=O) groups excluding carboxylic acids is 1. The fourth-order valence-corrected chi connectivity index (χ4v) is 1.65. The molecule has 19 heavy (non-hydrogen) atoms. The van der Waals surface area contributed by atoms with Gasteiger partial charge in [-0.25, -0.2) is 0 Å². The first-order chi connectivity index (χ1) is 9.08. The molecular formula is C14H20N2O3. The number of amides is 1. The highest BCUT2D eigenvalue weighted by atomic mass is 16.5. The monoisotopic (exact) mass is 264 g/mol. The van der Waals surface area contributed by atoms with Crippen molar-refractivity contribution in [1.29, 1.82) is 0 Å². The number of benzene rings is 1. The molecule has 104 valence electrons. The lowest BCUT2D eigenvalue weighted by Gasteiger charge is -2.11. The van der Waals surface area contributed by atoms with Gasteiger partial charge in [0.25, 0.3) is 0 Å². The van der Waals surface area contributed by atoms with E-state index in [1.165, 1.54) is 0 Å². The van der Waals surface area contributed by atoms with Crippen molar-refractivity contribution in [2.75, 3.05) is 13.2 Å². The Morgan fingerprint density at radius 1 is 1.47 bits per heavy atom. The second-order valence-electron chi connectivity index (χ2n) is 4.24. The molecule has 5 nitrogen and oxygen atoms in total. The molecule has 2 N–H and O–H groups in total. The van der Waals surface area contributed by atoms with Gasteiger partial charge in [0.1, 0.15) is 5.75 Å². The van der Waals surface area contributed by atoms with E-state index < -0.39 is 0 Å². The van der Waals surface area contributed by atoms with E-state index in [0.29, 0.717) is 31.0 Å². The van der Waals surface area contributed by atoms with E-state index in [1.54, 1.807) is 6.92 Å². The third-order valence-corrected chi connectivity index (χ3v) is 2.64. The normalized spacial score (nSPS) is 11.2. The van der Waals surface area contributed by atoms with Crippen molar-refractivity contribution in [1.82, 2.24) is 5.32 Å². The lowest BCUT2D eigenvalue weighted by Crippen LogP contribution is -2.24. The van der Waals surface area contributed by atoms with Gasteiger partial charge in [-0.3, -0.25) is 4.79 Å². The van der Waals surface area contributed by atoms with Crippen molar-refractivity contribution in [3.05, 3.63) is 29.3 Å². The number of nitrogens with one attached hydrogen (secondary N) is 1. The summed E-state index contributed by atoms with van der Waals surface area (Å²) in [6, 6.07) is 5.61. The smallest absolute Gasteiger partial charge is 0.223 e. The van der Waals surface area contributed by atoms with Crippen molar-refractivity contribution in [3.63, 3.8) is 0 Å². The van der Waals surface area contributed by atoms with Crippen LogP contribution in [0.2, 0.25) is 0 Å². The van der Waals surface area contributed by atoms with Crippen LogP contribution in [0.5, 0.6) is 5.75 Å². The molecule has 0 bridgehead atoms. The molecule has 0 aliphatic rings. The quantitative estimate of drug-likeness (QED) is 0.469. The Labute approximate surface area is 113 Å². The second-order valence-corrected chi connectivity index (χ2v) is 4.24. The summed E-state index contributed by atoms with van der Waals surface area (Å²) in [5.41, 5.74) is 2.27. The summed E-state index contributed by atoms with van der Waals surface area (Å²) in [6.45, 7) is 6.43. The SMILES string of the molecule is CCNC(=O)CCOc1ccc(C)cc1C(C)=NO. The summed E-state index contributed by atoms with van der Waals surface area (Å²) >= 11 is 0. The molecule has 0 radical (unpaired) electrons. The van der Waals surface area contributed by atoms with E-state index in [4.69, 9.17) is 9.94 Å². The summed E-state index contributed by atoms with van der Waals surface area (Å²) < 4.78 is 5.58. The first kappa shape index (κ1) is 15.0. The van der Waals surface area contributed by atoms with Crippen LogP contribution in [0, 0.1) is 6.92 Å². The van der Waals surface area contributed by atoms with Crippen LogP contribution in [0.1, 0.15) is 31.4 Å². The summed E-state index contributed by atoms with van der Waals surface area (Å²) in [6.07, 6.45) is 0.302. The second kappa shape index (κ2) is 7.41. The van der Waals surface area contributed by atoms with Gasteiger partial charge in [-0.1, -0.05) is 16.8 Å². The maximum Gasteiger partial charge on any atom is 0.223 e. The average molecular weight is 264 g/mol. The molecule has 0 aliphatic heterocycles. The predicted octanol–water partition coefficient (Wildman–Crippen LogP) is 2.10. The van der Waals surface area contributed by atoms with Gasteiger partial charge in [0, 0.05) is 12.1 Å². The summed E-state index contributed by atoms with van der Waals surface area (Å²) in [4.78, 5) is 11.3. The number of hydrogen-bond acceptors (Lipinski definition) is 4. The lowest BCUT2D eigenvalue weighted by molar-refractivity contribution is -0.121. The minimum Gasteiger partial charge on any atom is -0.492 e. The van der Waals surface area contributed by atoms with Crippen LogP contribution in [0.4, 0.5) is 0 Å². The fourth-order valence-electron chi connectivity index (χ4n) is 1.65. The van der Waals surface area contributed by atoms with Crippen molar-refractivity contribution in [3.8, 4) is 5.75 Å². The fraction of sp³-hybridized carbons (Fsp3) is 0.429. The molecular weight excluding hydrogens is 244 g/mol. The van der Waals surface area contributed by atoms with Crippen LogP contribution in [-0.4, -0.2) is 30.0 Å². The van der Waals surface area contributed by atoms with Crippen LogP contribution in [0.3, 0.4) is 0 Å². The Morgan fingerprint density at radius 3 is 2.84 bits per heavy atom. The number of ether oxygens (including phenoxy) is 1. The zero-order valence-corrected chi connectivity index (χ0v) is 11.6. The maximum absolute atomic E-state index is 11.3. The molecule has 0 heterocycles. The molecule has 1 aromatic carbocycles. The van der Waals surface area contributed by atoms with Crippen LogP contribution in [-0.2, 0) is 4.79 Å². The minimum absolute atomic E-state index is 0.0382. The van der Waals surface area contributed by atoms with Gasteiger partial charge in [0.2, 0.25) is 5.91 Å². The lowest BCUT2D eigenvalue weighted by atomic mass is 10.1. The molecule has 0 unspecified atom stereocenters. The van der Waals surface area contributed by atoms with E-state index >= 15 is 0 Å². The Morgan fingerprint density at radius 2 is 2.21 bits per heavy atom. The molecule has 0 saturated carbocycles. The van der Waals surface area contributed by atoms with Crippen molar-refractivity contribution in [2.45, 2.75) is 27.2 Å². The third kappa shape index (κ3) is 4.62. The van der Waals surface area contributed by atoms with Gasteiger partial charge < -0.3 is 15.3 Å². The van der Waals surface area contributed by atoms with Crippen molar-refractivity contribution >= 4 is 11.6 Å². The Hall–Kier alpha value is -2.04. The van der Waals surface area contributed by atoms with Crippen LogP contribution >= 0.6 is 0 Å². The number of oxime groups is 1. The largest absolute Gasteiger partial charge is 0.492 e. The number of carbonyl (C=O) groups is 1. The molecule has 5 heteroatoms. The van der Waals surface area contributed by atoms with Gasteiger partial charge in [0.05, 0.1) is 18.7 Å². The van der Waals surface area contributed by atoms with Gasteiger partial charge in [0.15, 0.2) is 0 Å². The van der Waals surface area contributed by atoms with Crippen LogP contribution in [0.15, 0.2) is 23.4 Å². The van der Waals surface area contributed by atoms with Gasteiger partial charge in [-0.2, -0.15) is 0 Å². The third-order valence-electron chi connectivity index (χ3n) is 2.64. The topological polar surface area (TPSA) is 70.9 Å². The number of rotatable bonds is 6. The molecule has 0 atom stereocenters. The van der Waals surface area contributed by atoms with Crippen molar-refractivity contribution in [2.24, 2.45) is 5.16 Å². The first-order valence-corrected chi connectivity index (χ1v) is 6.27. The standard InChI is InChI=1S/C14H20N2O3/c1-4-15-14(17)7-8-19-13-6-5-10(2)9-12(13)11(3)16-18/h5-6,9,18H,4,7-8H2,1-3H3,(H,15,17). The highest BCUT2D eigenvalue weighted by molar-refractivity contribution is 6.00.